The van der Waals surface area contributed by atoms with Crippen molar-refractivity contribution in [3.8, 4) is 11.5 Å². The Morgan fingerprint density at radius 1 is 1.00 bits per heavy atom. The van der Waals surface area contributed by atoms with Crippen molar-refractivity contribution in [2.24, 2.45) is 10.7 Å². The normalized spacial score (nSPS) is 11.0. The van der Waals surface area contributed by atoms with Crippen molar-refractivity contribution in [1.82, 2.24) is 10.6 Å². The highest BCUT2D eigenvalue weighted by atomic mass is 16.5. The number of methoxy groups -OCH3 is 2. The molecule has 0 aromatic heterocycles. The van der Waals surface area contributed by atoms with Crippen LogP contribution in [0.5, 0.6) is 11.5 Å². The van der Waals surface area contributed by atoms with Crippen LogP contribution in [0.1, 0.15) is 17.5 Å². The van der Waals surface area contributed by atoms with Crippen LogP contribution in [0, 0.1) is 0 Å². The van der Waals surface area contributed by atoms with Crippen molar-refractivity contribution in [3.63, 3.8) is 0 Å². The summed E-state index contributed by atoms with van der Waals surface area (Å²) in [7, 11) is 3.22. The summed E-state index contributed by atoms with van der Waals surface area (Å²) in [6.07, 6.45) is 1.05. The Balaban J connectivity index is 1.66. The quantitative estimate of drug-likeness (QED) is 0.429. The van der Waals surface area contributed by atoms with Crippen LogP contribution in [-0.2, 0) is 17.8 Å². The molecule has 0 fully saturated rings. The van der Waals surface area contributed by atoms with Gasteiger partial charge < -0.3 is 25.8 Å². The minimum atomic E-state index is -0.0502. The predicted molar refractivity (Wildman–Crippen MR) is 111 cm³/mol. The monoisotopic (exact) mass is 384 g/mol. The van der Waals surface area contributed by atoms with Crippen LogP contribution in [0.4, 0.5) is 0 Å². The minimum Gasteiger partial charge on any atom is -0.493 e. The molecule has 0 atom stereocenters. The van der Waals surface area contributed by atoms with Gasteiger partial charge in [0.2, 0.25) is 5.91 Å². The van der Waals surface area contributed by atoms with E-state index in [4.69, 9.17) is 15.2 Å². The summed E-state index contributed by atoms with van der Waals surface area (Å²) in [4.78, 5) is 16.0. The van der Waals surface area contributed by atoms with E-state index >= 15 is 0 Å². The number of ether oxygens (including phenoxy) is 2. The van der Waals surface area contributed by atoms with Crippen LogP contribution in [0.2, 0.25) is 0 Å². The zero-order valence-corrected chi connectivity index (χ0v) is 16.4. The van der Waals surface area contributed by atoms with Crippen LogP contribution >= 0.6 is 0 Å². The zero-order valence-electron chi connectivity index (χ0n) is 16.4. The number of nitrogens with one attached hydrogen (secondary N) is 2. The minimum absolute atomic E-state index is 0.0502. The van der Waals surface area contributed by atoms with E-state index < -0.39 is 0 Å². The van der Waals surface area contributed by atoms with Crippen molar-refractivity contribution in [3.05, 3.63) is 59.7 Å². The van der Waals surface area contributed by atoms with Crippen LogP contribution in [0.3, 0.4) is 0 Å². The lowest BCUT2D eigenvalue weighted by atomic mass is 10.1. The van der Waals surface area contributed by atoms with Crippen molar-refractivity contribution in [1.29, 1.82) is 0 Å². The smallest absolute Gasteiger partial charge is 0.222 e. The number of aliphatic imine (C=N–C) groups is 1. The second kappa shape index (κ2) is 11.5. The lowest BCUT2D eigenvalue weighted by Crippen LogP contribution is -2.33. The number of hydrogen-bond donors (Lipinski definition) is 3. The van der Waals surface area contributed by atoms with E-state index in [1.165, 1.54) is 0 Å². The molecule has 0 saturated carbocycles. The van der Waals surface area contributed by atoms with Crippen LogP contribution in [0.15, 0.2) is 53.5 Å². The van der Waals surface area contributed by atoms with Gasteiger partial charge in [-0.2, -0.15) is 0 Å². The second-order valence-corrected chi connectivity index (χ2v) is 6.15. The molecule has 150 valence electrons. The third-order valence-electron chi connectivity index (χ3n) is 4.12. The molecule has 2 rings (SSSR count). The molecule has 4 N–H and O–H groups in total. The predicted octanol–water partition coefficient (Wildman–Crippen LogP) is 1.86. The van der Waals surface area contributed by atoms with Crippen molar-refractivity contribution >= 4 is 11.9 Å². The topological polar surface area (TPSA) is 98.0 Å². The Kier molecular flexibility index (Phi) is 8.65. The van der Waals surface area contributed by atoms with Gasteiger partial charge in [-0.3, -0.25) is 9.79 Å². The molecule has 0 heterocycles. The summed E-state index contributed by atoms with van der Waals surface area (Å²) in [5.74, 6) is 1.68. The highest BCUT2D eigenvalue weighted by Crippen LogP contribution is 2.27. The molecule has 0 aliphatic heterocycles. The van der Waals surface area contributed by atoms with Gasteiger partial charge >= 0.3 is 0 Å². The molecule has 1 amide bonds. The van der Waals surface area contributed by atoms with Gasteiger partial charge in [-0.15, -0.1) is 0 Å². The fourth-order valence-electron chi connectivity index (χ4n) is 2.59. The molecule has 28 heavy (non-hydrogen) atoms. The van der Waals surface area contributed by atoms with Gasteiger partial charge in [0, 0.05) is 19.5 Å². The summed E-state index contributed by atoms with van der Waals surface area (Å²) >= 11 is 0. The number of guanidine groups is 1. The molecule has 0 radical (unpaired) electrons. The summed E-state index contributed by atoms with van der Waals surface area (Å²) in [5, 5.41) is 5.92. The molecule has 0 saturated heterocycles. The highest BCUT2D eigenvalue weighted by molar-refractivity contribution is 5.79. The summed E-state index contributed by atoms with van der Waals surface area (Å²) in [6, 6.07) is 15.6. The van der Waals surface area contributed by atoms with E-state index in [0.717, 1.165) is 17.5 Å². The number of nitrogens with two attached hydrogens (primary N) is 1. The van der Waals surface area contributed by atoms with Crippen molar-refractivity contribution in [2.45, 2.75) is 19.4 Å². The number of amides is 1. The molecule has 0 spiro atoms. The van der Waals surface area contributed by atoms with Gasteiger partial charge in [-0.25, -0.2) is 0 Å². The maximum atomic E-state index is 11.8. The maximum absolute atomic E-state index is 11.8. The van der Waals surface area contributed by atoms with E-state index in [2.05, 4.69) is 15.6 Å². The number of carbonyl (C=O) groups excluding carboxylic acids is 1. The molecular formula is C21H28N4O3. The molecule has 7 nitrogen and oxygen atoms in total. The molecule has 7 heteroatoms. The van der Waals surface area contributed by atoms with Crippen molar-refractivity contribution < 1.29 is 14.3 Å². The summed E-state index contributed by atoms with van der Waals surface area (Å²) in [5.41, 5.74) is 8.01. The van der Waals surface area contributed by atoms with E-state index in [9.17, 15) is 4.79 Å². The highest BCUT2D eigenvalue weighted by Gasteiger charge is 2.05. The fraction of sp³-hybridized carbons (Fsp3) is 0.333. The van der Waals surface area contributed by atoms with E-state index in [1.807, 2.05) is 48.5 Å². The number of nitrogens with zero attached hydrogens (tertiary/aromatic N) is 1. The number of rotatable bonds is 10. The van der Waals surface area contributed by atoms with Crippen LogP contribution in [-0.4, -0.2) is 39.2 Å². The molecule has 0 bridgehead atoms. The molecule has 0 aliphatic rings. The molecular weight excluding hydrogens is 356 g/mol. The van der Waals surface area contributed by atoms with E-state index in [0.29, 0.717) is 43.5 Å². The number of carbonyl (C=O) groups is 1. The lowest BCUT2D eigenvalue weighted by Gasteiger charge is -2.10. The van der Waals surface area contributed by atoms with E-state index in [-0.39, 0.29) is 5.91 Å². The van der Waals surface area contributed by atoms with Gasteiger partial charge in [-0.1, -0.05) is 36.4 Å². The first-order valence-corrected chi connectivity index (χ1v) is 9.17. The summed E-state index contributed by atoms with van der Waals surface area (Å²) < 4.78 is 10.5. The third-order valence-corrected chi connectivity index (χ3v) is 4.12. The standard InChI is InChI=1S/C21H28N4O3/c1-27-18-9-8-16(14-19(18)28-2)10-12-23-21(22)24-13-11-20(26)25-15-17-6-4-3-5-7-17/h3-9,14H,10-13,15H2,1-2H3,(H,25,26)(H3,22,23,24). The van der Waals surface area contributed by atoms with Crippen molar-refractivity contribution in [2.75, 3.05) is 27.3 Å². The lowest BCUT2D eigenvalue weighted by molar-refractivity contribution is -0.121. The van der Waals surface area contributed by atoms with Crippen LogP contribution < -0.4 is 25.8 Å². The Labute approximate surface area is 165 Å². The van der Waals surface area contributed by atoms with Gasteiger partial charge in [0.1, 0.15) is 0 Å². The van der Waals surface area contributed by atoms with Gasteiger partial charge in [-0.05, 0) is 29.7 Å². The first-order valence-electron chi connectivity index (χ1n) is 9.17. The fourth-order valence-corrected chi connectivity index (χ4v) is 2.59. The largest absolute Gasteiger partial charge is 0.493 e. The number of hydrogen-bond acceptors (Lipinski definition) is 4. The first kappa shape index (κ1) is 21.1. The molecule has 0 unspecified atom stereocenters. The SMILES string of the molecule is COc1ccc(CCNC(N)=NCCC(=O)NCc2ccccc2)cc1OC. The average Bonchev–Trinajstić information content (AvgIpc) is 2.73. The Morgan fingerprint density at radius 3 is 2.46 bits per heavy atom. The van der Waals surface area contributed by atoms with Gasteiger partial charge in [0.25, 0.3) is 0 Å². The van der Waals surface area contributed by atoms with Gasteiger partial charge in [0.15, 0.2) is 17.5 Å². The second-order valence-electron chi connectivity index (χ2n) is 6.15. The van der Waals surface area contributed by atoms with Gasteiger partial charge in [0.05, 0.1) is 20.8 Å². The van der Waals surface area contributed by atoms with E-state index in [1.54, 1.807) is 14.2 Å². The molecule has 2 aromatic rings. The third kappa shape index (κ3) is 7.19. The average molecular weight is 384 g/mol. The zero-order chi connectivity index (χ0) is 20.2. The number of benzene rings is 2. The Morgan fingerprint density at radius 2 is 1.75 bits per heavy atom. The van der Waals surface area contributed by atoms with Crippen LogP contribution in [0.25, 0.3) is 0 Å². The Bertz CT molecular complexity index is 778. The molecule has 2 aromatic carbocycles. The summed E-state index contributed by atoms with van der Waals surface area (Å²) in [6.45, 7) is 1.49. The molecule has 0 aliphatic carbocycles. The maximum Gasteiger partial charge on any atom is 0.222 e. The Hall–Kier alpha value is -3.22. The first-order chi connectivity index (χ1) is 13.6.